The average molecular weight is 434 g/mol. The van der Waals surface area contributed by atoms with Crippen molar-refractivity contribution in [3.63, 3.8) is 0 Å². The van der Waals surface area contributed by atoms with E-state index in [2.05, 4.69) is 18.9 Å². The molecule has 0 saturated heterocycles. The number of ketones is 2. The predicted octanol–water partition coefficient (Wildman–Crippen LogP) is 3.14. The van der Waals surface area contributed by atoms with Gasteiger partial charge in [0.25, 0.3) is 20.0 Å². The largest absolute Gasteiger partial charge is 0.294 e. The third kappa shape index (κ3) is 5.18. The van der Waals surface area contributed by atoms with Gasteiger partial charge >= 0.3 is 0 Å². The molecule has 0 saturated carbocycles. The Morgan fingerprint density at radius 1 is 0.690 bits per heavy atom. The molecule has 0 N–H and O–H groups in total. The minimum absolute atomic E-state index is 0.0563. The zero-order valence-corrected chi connectivity index (χ0v) is 15.9. The molecule has 0 aromatic heterocycles. The van der Waals surface area contributed by atoms with E-state index in [1.54, 1.807) is 0 Å². The van der Waals surface area contributed by atoms with Gasteiger partial charge in [0.05, 0.1) is 16.2 Å². The first-order valence-electron chi connectivity index (χ1n) is 7.50. The highest BCUT2D eigenvalue weighted by Gasteiger charge is 2.17. The molecule has 0 radical (unpaired) electrons. The van der Waals surface area contributed by atoms with E-state index in [4.69, 9.17) is 11.1 Å². The molecular formula is C15H10N6O6S2. The number of rotatable bonds is 8. The molecule has 29 heavy (non-hydrogen) atoms. The second-order valence-corrected chi connectivity index (χ2v) is 8.53. The molecule has 12 nitrogen and oxygen atoms in total. The summed E-state index contributed by atoms with van der Waals surface area (Å²) < 4.78 is 51.7. The van der Waals surface area contributed by atoms with E-state index in [1.165, 1.54) is 24.3 Å². The molecule has 0 bridgehead atoms. The Balaban J connectivity index is 2.16. The van der Waals surface area contributed by atoms with Crippen LogP contribution in [0.3, 0.4) is 0 Å². The van der Waals surface area contributed by atoms with Crippen LogP contribution in [0.15, 0.2) is 67.4 Å². The van der Waals surface area contributed by atoms with Crippen molar-refractivity contribution < 1.29 is 26.4 Å². The van der Waals surface area contributed by atoms with E-state index in [0.717, 1.165) is 24.3 Å². The number of Topliss-reactive ketones (excluding diaryl/α,β-unsaturated/α-hetero) is 2. The lowest BCUT2D eigenvalue weighted by atomic mass is 10.0. The van der Waals surface area contributed by atoms with Crippen LogP contribution in [0.2, 0.25) is 0 Å². The quantitative estimate of drug-likeness (QED) is 0.201. The van der Waals surface area contributed by atoms with Gasteiger partial charge in [-0.3, -0.25) is 9.59 Å². The fourth-order valence-corrected chi connectivity index (χ4v) is 3.51. The monoisotopic (exact) mass is 434 g/mol. The van der Waals surface area contributed by atoms with Gasteiger partial charge in [0.2, 0.25) is 0 Å². The number of benzene rings is 2. The smallest absolute Gasteiger partial charge is 0.264 e. The molecule has 0 heterocycles. The van der Waals surface area contributed by atoms with E-state index in [1.807, 2.05) is 0 Å². The summed E-state index contributed by atoms with van der Waals surface area (Å²) in [7, 11) is -8.38. The van der Waals surface area contributed by atoms with Crippen molar-refractivity contribution in [1.29, 1.82) is 0 Å². The number of hydrogen-bond donors (Lipinski definition) is 0. The summed E-state index contributed by atoms with van der Waals surface area (Å²) in [6.07, 6.45) is -0.551. The van der Waals surface area contributed by atoms with Gasteiger partial charge in [-0.1, -0.05) is 24.3 Å². The summed E-state index contributed by atoms with van der Waals surface area (Å²) in [6.45, 7) is 0. The lowest BCUT2D eigenvalue weighted by molar-refractivity contribution is 0.0894. The zero-order valence-electron chi connectivity index (χ0n) is 14.3. The summed E-state index contributed by atoms with van der Waals surface area (Å²) in [5.41, 5.74) is 16.6. The number of sulfonamides is 2. The average Bonchev–Trinajstić information content (AvgIpc) is 2.68. The van der Waals surface area contributed by atoms with Crippen molar-refractivity contribution >= 4 is 31.6 Å². The molecule has 0 unspecified atom stereocenters. The highest BCUT2D eigenvalue weighted by molar-refractivity contribution is 7.90. The Labute approximate surface area is 164 Å². The first-order valence-corrected chi connectivity index (χ1v) is 10.4. The number of nitrogens with zero attached hydrogens (tertiary/aromatic N) is 6. The standard InChI is InChI=1S/C15H10N6O6S2/c16-18-20-28(24,25)12-5-1-10(2-6-12)14(22)9-15(23)11-3-7-13(8-4-11)29(26,27)21-19-17/h1-8H,9H2. The van der Waals surface area contributed by atoms with E-state index < -0.39 is 38.0 Å². The Hall–Kier alpha value is -3.70. The second kappa shape index (κ2) is 8.54. The second-order valence-electron chi connectivity index (χ2n) is 5.36. The Kier molecular flexibility index (Phi) is 6.36. The number of carbonyl (C=O) groups is 2. The normalized spacial score (nSPS) is 11.0. The van der Waals surface area contributed by atoms with Gasteiger partial charge < -0.3 is 0 Å². The van der Waals surface area contributed by atoms with Crippen molar-refractivity contribution in [3.05, 3.63) is 80.5 Å². The molecular weight excluding hydrogens is 424 g/mol. The van der Waals surface area contributed by atoms with Gasteiger partial charge in [-0.25, -0.2) is 16.8 Å². The molecule has 0 aliphatic carbocycles. The van der Waals surface area contributed by atoms with Gasteiger partial charge in [0, 0.05) is 30.0 Å². The van der Waals surface area contributed by atoms with E-state index >= 15 is 0 Å². The van der Waals surface area contributed by atoms with Gasteiger partial charge in [-0.2, -0.15) is 0 Å². The first kappa shape index (κ1) is 21.6. The molecule has 0 fully saturated rings. The molecule has 148 valence electrons. The van der Waals surface area contributed by atoms with Gasteiger partial charge in [-0.15, -0.1) is 0 Å². The molecule has 0 atom stereocenters. The van der Waals surface area contributed by atoms with Crippen LogP contribution < -0.4 is 0 Å². The Morgan fingerprint density at radius 2 is 1.00 bits per heavy atom. The minimum atomic E-state index is -4.19. The minimum Gasteiger partial charge on any atom is -0.294 e. The molecule has 0 aliphatic heterocycles. The summed E-state index contributed by atoms with van der Waals surface area (Å²) in [4.78, 5) is 28.2. The van der Waals surface area contributed by atoms with Crippen LogP contribution in [0.25, 0.3) is 20.9 Å². The van der Waals surface area contributed by atoms with Crippen molar-refractivity contribution in [2.24, 2.45) is 9.04 Å². The summed E-state index contributed by atoms with van der Waals surface area (Å²) in [5.74, 6) is -1.21. The van der Waals surface area contributed by atoms with E-state index in [9.17, 15) is 26.4 Å². The third-order valence-electron chi connectivity index (χ3n) is 3.56. The van der Waals surface area contributed by atoms with Crippen LogP contribution >= 0.6 is 0 Å². The number of carbonyl (C=O) groups excluding carboxylic acids is 2. The van der Waals surface area contributed by atoms with Crippen LogP contribution in [0.4, 0.5) is 0 Å². The number of azide groups is 2. The van der Waals surface area contributed by atoms with Crippen molar-refractivity contribution in [2.45, 2.75) is 16.2 Å². The Morgan fingerprint density at radius 3 is 1.28 bits per heavy atom. The molecule has 2 aromatic carbocycles. The maximum atomic E-state index is 12.2. The maximum Gasteiger partial charge on any atom is 0.264 e. The van der Waals surface area contributed by atoms with Crippen LogP contribution in [0.5, 0.6) is 0 Å². The van der Waals surface area contributed by atoms with E-state index in [-0.39, 0.29) is 20.9 Å². The van der Waals surface area contributed by atoms with Crippen LogP contribution in [-0.4, -0.2) is 28.4 Å². The molecule has 0 spiro atoms. The Bertz CT molecular complexity index is 1170. The fourth-order valence-electron chi connectivity index (χ4n) is 2.17. The first-order chi connectivity index (χ1) is 13.6. The molecule has 2 aromatic rings. The molecule has 0 aliphatic rings. The van der Waals surface area contributed by atoms with Crippen molar-refractivity contribution in [2.75, 3.05) is 0 Å². The highest BCUT2D eigenvalue weighted by atomic mass is 32.2. The molecule has 2 rings (SSSR count). The lowest BCUT2D eigenvalue weighted by Crippen LogP contribution is -2.09. The topological polar surface area (TPSA) is 200 Å². The summed E-state index contributed by atoms with van der Waals surface area (Å²) in [5, 5.41) is 0. The van der Waals surface area contributed by atoms with Crippen LogP contribution in [-0.2, 0) is 20.0 Å². The van der Waals surface area contributed by atoms with Crippen molar-refractivity contribution in [1.82, 2.24) is 0 Å². The fraction of sp³-hybridized carbons (Fsp3) is 0.0667. The van der Waals surface area contributed by atoms with Crippen LogP contribution in [0, 0.1) is 0 Å². The van der Waals surface area contributed by atoms with Gasteiger partial charge in [0.15, 0.2) is 11.6 Å². The van der Waals surface area contributed by atoms with Crippen LogP contribution in [0.1, 0.15) is 27.1 Å². The predicted molar refractivity (Wildman–Crippen MR) is 98.8 cm³/mol. The van der Waals surface area contributed by atoms with E-state index in [0.29, 0.717) is 0 Å². The maximum absolute atomic E-state index is 12.2. The van der Waals surface area contributed by atoms with Gasteiger partial charge in [-0.05, 0) is 35.3 Å². The summed E-state index contributed by atoms with van der Waals surface area (Å²) >= 11 is 0. The molecule has 14 heteroatoms. The molecule has 0 amide bonds. The SMILES string of the molecule is [N-]=[N+]=NS(=O)(=O)c1ccc(C(=O)CC(=O)c2ccc(S(=O)(=O)N=[N+]=[N-])cc2)cc1. The van der Waals surface area contributed by atoms with Crippen molar-refractivity contribution in [3.8, 4) is 0 Å². The van der Waals surface area contributed by atoms with Gasteiger partial charge in [0.1, 0.15) is 0 Å². The highest BCUT2D eigenvalue weighted by Crippen LogP contribution is 2.17. The number of hydrogen-bond acceptors (Lipinski definition) is 6. The third-order valence-corrected chi connectivity index (χ3v) is 5.87. The lowest BCUT2D eigenvalue weighted by Gasteiger charge is -2.04. The summed E-state index contributed by atoms with van der Waals surface area (Å²) in [6, 6.07) is 8.95. The zero-order chi connectivity index (χ0) is 21.7.